The van der Waals surface area contributed by atoms with E-state index in [0.717, 1.165) is 0 Å². The van der Waals surface area contributed by atoms with Gasteiger partial charge >= 0.3 is 0 Å². The van der Waals surface area contributed by atoms with Crippen LogP contribution in [0.1, 0.15) is 34.1 Å². The topological polar surface area (TPSA) is 37.4 Å². The molecule has 1 rings (SSSR count). The molecule has 0 aromatic carbocycles. The van der Waals surface area contributed by atoms with Crippen LogP contribution in [0.5, 0.6) is 0 Å². The summed E-state index contributed by atoms with van der Waals surface area (Å²) in [6.07, 6.45) is 0.385. The molecule has 3 heteroatoms. The van der Waals surface area contributed by atoms with Crippen molar-refractivity contribution in [1.82, 2.24) is 4.90 Å². The van der Waals surface area contributed by atoms with Crippen molar-refractivity contribution in [2.45, 2.75) is 34.1 Å². The summed E-state index contributed by atoms with van der Waals surface area (Å²) in [5.41, 5.74) is -0.101. The molecular weight excluding hydrogens is 166 g/mol. The average Bonchev–Trinajstić information content (AvgIpc) is 2.25. The zero-order chi connectivity index (χ0) is 10.2. The number of rotatable bonds is 1. The predicted octanol–water partition coefficient (Wildman–Crippen LogP) is 1.43. The van der Waals surface area contributed by atoms with E-state index in [4.69, 9.17) is 0 Å². The summed E-state index contributed by atoms with van der Waals surface area (Å²) in [4.78, 5) is 24.4. The molecule has 1 atom stereocenters. The van der Waals surface area contributed by atoms with E-state index in [0.29, 0.717) is 13.0 Å². The molecule has 1 aliphatic rings. The van der Waals surface area contributed by atoms with E-state index < -0.39 is 0 Å². The predicted molar refractivity (Wildman–Crippen MR) is 50.0 cm³/mol. The lowest BCUT2D eigenvalue weighted by atomic mass is 9.80. The van der Waals surface area contributed by atoms with E-state index in [9.17, 15) is 9.59 Å². The average molecular weight is 183 g/mol. The first-order valence-electron chi connectivity index (χ1n) is 4.72. The molecule has 0 aromatic heterocycles. The molecular formula is C10H17NO2. The zero-order valence-corrected chi connectivity index (χ0v) is 8.76. The van der Waals surface area contributed by atoms with Gasteiger partial charge in [-0.3, -0.25) is 14.5 Å². The van der Waals surface area contributed by atoms with Crippen LogP contribution in [-0.4, -0.2) is 23.3 Å². The van der Waals surface area contributed by atoms with Gasteiger partial charge in [-0.15, -0.1) is 0 Å². The summed E-state index contributed by atoms with van der Waals surface area (Å²) < 4.78 is 0. The number of amides is 2. The second-order valence-electron chi connectivity index (χ2n) is 4.60. The molecule has 0 radical (unpaired) electrons. The number of carbonyl (C=O) groups is 2. The molecule has 1 saturated heterocycles. The minimum absolute atomic E-state index is 0.000000000000000444. The summed E-state index contributed by atoms with van der Waals surface area (Å²) in [7, 11) is 0. The van der Waals surface area contributed by atoms with E-state index in [1.54, 1.807) is 0 Å². The lowest BCUT2D eigenvalue weighted by Gasteiger charge is -2.24. The third kappa shape index (κ3) is 1.74. The molecule has 0 N–H and O–H groups in total. The highest BCUT2D eigenvalue weighted by molar-refractivity contribution is 6.03. The van der Waals surface area contributed by atoms with Crippen molar-refractivity contribution in [2.75, 3.05) is 6.54 Å². The Morgan fingerprint density at radius 3 is 2.15 bits per heavy atom. The number of nitrogens with zero attached hydrogens (tertiary/aromatic N) is 1. The molecule has 1 aliphatic heterocycles. The zero-order valence-electron chi connectivity index (χ0n) is 8.76. The van der Waals surface area contributed by atoms with Gasteiger partial charge in [-0.05, 0) is 12.3 Å². The first kappa shape index (κ1) is 10.2. The maximum atomic E-state index is 11.7. The van der Waals surface area contributed by atoms with Crippen LogP contribution in [0.15, 0.2) is 0 Å². The highest BCUT2D eigenvalue weighted by Crippen LogP contribution is 2.34. The lowest BCUT2D eigenvalue weighted by molar-refractivity contribution is -0.139. The van der Waals surface area contributed by atoms with E-state index in [2.05, 4.69) is 0 Å². The van der Waals surface area contributed by atoms with Crippen LogP contribution in [0.25, 0.3) is 0 Å². The van der Waals surface area contributed by atoms with Crippen molar-refractivity contribution in [3.05, 3.63) is 0 Å². The van der Waals surface area contributed by atoms with Crippen molar-refractivity contribution in [1.29, 1.82) is 0 Å². The fourth-order valence-electron chi connectivity index (χ4n) is 1.69. The number of carbonyl (C=O) groups excluding carboxylic acids is 2. The minimum atomic E-state index is -0.125. The van der Waals surface area contributed by atoms with Crippen LogP contribution >= 0.6 is 0 Å². The molecule has 0 aromatic rings. The Morgan fingerprint density at radius 1 is 1.38 bits per heavy atom. The number of hydrogen-bond donors (Lipinski definition) is 0. The van der Waals surface area contributed by atoms with Crippen LogP contribution in [0, 0.1) is 11.3 Å². The van der Waals surface area contributed by atoms with Gasteiger partial charge in [0.1, 0.15) is 0 Å². The van der Waals surface area contributed by atoms with Gasteiger partial charge in [0.15, 0.2) is 0 Å². The summed E-state index contributed by atoms with van der Waals surface area (Å²) in [6.45, 7) is 8.34. The molecule has 13 heavy (non-hydrogen) atoms. The molecule has 1 fully saturated rings. The Kier molecular flexibility index (Phi) is 2.46. The normalized spacial score (nSPS) is 24.3. The van der Waals surface area contributed by atoms with E-state index >= 15 is 0 Å². The van der Waals surface area contributed by atoms with Crippen molar-refractivity contribution >= 4 is 11.8 Å². The smallest absolute Gasteiger partial charge is 0.233 e. The van der Waals surface area contributed by atoms with Gasteiger partial charge in [0.25, 0.3) is 0 Å². The quantitative estimate of drug-likeness (QED) is 0.577. The summed E-state index contributed by atoms with van der Waals surface area (Å²) in [5, 5.41) is 0. The molecule has 74 valence electrons. The van der Waals surface area contributed by atoms with Crippen molar-refractivity contribution < 1.29 is 9.59 Å². The van der Waals surface area contributed by atoms with Gasteiger partial charge in [-0.25, -0.2) is 0 Å². The Balaban J connectivity index is 2.85. The van der Waals surface area contributed by atoms with Crippen molar-refractivity contribution in [2.24, 2.45) is 11.3 Å². The van der Waals surface area contributed by atoms with Crippen LogP contribution < -0.4 is 0 Å². The fraction of sp³-hybridized carbons (Fsp3) is 0.800. The maximum absolute atomic E-state index is 11.7. The van der Waals surface area contributed by atoms with Gasteiger partial charge in [0, 0.05) is 13.0 Å². The third-order valence-electron chi connectivity index (χ3n) is 2.61. The van der Waals surface area contributed by atoms with Crippen LogP contribution in [0.2, 0.25) is 0 Å². The second kappa shape index (κ2) is 3.13. The van der Waals surface area contributed by atoms with Crippen LogP contribution in [0.3, 0.4) is 0 Å². The molecule has 0 aliphatic carbocycles. The molecule has 0 spiro atoms. The fourth-order valence-corrected chi connectivity index (χ4v) is 1.69. The second-order valence-corrected chi connectivity index (χ2v) is 4.60. The van der Waals surface area contributed by atoms with Crippen molar-refractivity contribution in [3.63, 3.8) is 0 Å². The highest BCUT2D eigenvalue weighted by atomic mass is 16.2. The first-order valence-corrected chi connectivity index (χ1v) is 4.72. The van der Waals surface area contributed by atoms with Gasteiger partial charge in [0.05, 0.1) is 5.92 Å². The van der Waals surface area contributed by atoms with Crippen LogP contribution in [0.4, 0.5) is 0 Å². The summed E-state index contributed by atoms with van der Waals surface area (Å²) >= 11 is 0. The molecule has 1 unspecified atom stereocenters. The minimum Gasteiger partial charge on any atom is -0.283 e. The molecule has 0 bridgehead atoms. The first-order chi connectivity index (χ1) is 5.88. The highest BCUT2D eigenvalue weighted by Gasteiger charge is 2.43. The summed E-state index contributed by atoms with van der Waals surface area (Å²) in [5.74, 6) is -0.146. The Morgan fingerprint density at radius 2 is 1.92 bits per heavy atom. The monoisotopic (exact) mass is 183 g/mol. The van der Waals surface area contributed by atoms with Crippen molar-refractivity contribution in [3.8, 4) is 0 Å². The standard InChI is InChI=1S/C10H17NO2/c1-5-11-8(12)6-7(9(11)13)10(2,3)4/h7H,5-6H2,1-4H3. The molecule has 0 saturated carbocycles. The number of imide groups is 1. The Hall–Kier alpha value is -0.860. The van der Waals surface area contributed by atoms with Gasteiger partial charge in [-0.1, -0.05) is 20.8 Å². The molecule has 2 amide bonds. The Bertz CT molecular complexity index is 240. The largest absolute Gasteiger partial charge is 0.283 e. The Labute approximate surface area is 79.1 Å². The van der Waals surface area contributed by atoms with Crippen LogP contribution in [-0.2, 0) is 9.59 Å². The van der Waals surface area contributed by atoms with E-state index in [-0.39, 0.29) is 23.1 Å². The van der Waals surface area contributed by atoms with Gasteiger partial charge < -0.3 is 0 Å². The molecule has 1 heterocycles. The number of hydrogen-bond acceptors (Lipinski definition) is 2. The third-order valence-corrected chi connectivity index (χ3v) is 2.61. The maximum Gasteiger partial charge on any atom is 0.233 e. The van der Waals surface area contributed by atoms with Gasteiger partial charge in [-0.2, -0.15) is 0 Å². The lowest BCUT2D eigenvalue weighted by Crippen LogP contribution is -2.33. The van der Waals surface area contributed by atoms with E-state index in [1.807, 2.05) is 27.7 Å². The number of likely N-dealkylation sites (tertiary alicyclic amines) is 1. The van der Waals surface area contributed by atoms with E-state index in [1.165, 1.54) is 4.90 Å². The van der Waals surface area contributed by atoms with Gasteiger partial charge in [0.2, 0.25) is 11.8 Å². The summed E-state index contributed by atoms with van der Waals surface area (Å²) in [6, 6.07) is 0. The molecule has 3 nitrogen and oxygen atoms in total. The SMILES string of the molecule is CCN1C(=O)CC(C(C)(C)C)C1=O.